The summed E-state index contributed by atoms with van der Waals surface area (Å²) in [6.07, 6.45) is 18.4. The van der Waals surface area contributed by atoms with Gasteiger partial charge in [-0.2, -0.15) is 0 Å². The van der Waals surface area contributed by atoms with E-state index in [1.807, 2.05) is 0 Å². The Bertz CT molecular complexity index is 846. The van der Waals surface area contributed by atoms with Crippen LogP contribution in [0.1, 0.15) is 168 Å². The van der Waals surface area contributed by atoms with E-state index in [4.69, 9.17) is 9.47 Å². The van der Waals surface area contributed by atoms with E-state index >= 15 is 0 Å². The van der Waals surface area contributed by atoms with Gasteiger partial charge in [0, 0.05) is 0 Å². The highest BCUT2D eigenvalue weighted by Crippen LogP contribution is 2.23. The predicted molar refractivity (Wildman–Crippen MR) is 201 cm³/mol. The van der Waals surface area contributed by atoms with Crippen molar-refractivity contribution in [3.63, 3.8) is 0 Å². The van der Waals surface area contributed by atoms with Gasteiger partial charge in [0.1, 0.15) is 36.6 Å². The van der Waals surface area contributed by atoms with Crippen molar-refractivity contribution in [3.8, 4) is 0 Å². The molecule has 1 fully saturated rings. The van der Waals surface area contributed by atoms with Crippen molar-refractivity contribution in [2.75, 3.05) is 13.2 Å². The quantitative estimate of drug-likeness (QED) is 0.0324. The summed E-state index contributed by atoms with van der Waals surface area (Å²) < 4.78 is 11.0. The molecular formula is C40H77NO10. The summed E-state index contributed by atoms with van der Waals surface area (Å²) in [5.74, 6) is -0.715. The van der Waals surface area contributed by atoms with Crippen LogP contribution in [0.3, 0.4) is 0 Å². The molecule has 1 aliphatic heterocycles. The van der Waals surface area contributed by atoms with Crippen LogP contribution in [-0.2, 0) is 14.3 Å². The first-order chi connectivity index (χ1) is 24.7. The Kier molecular flexibility index (Phi) is 29.3. The Labute approximate surface area is 309 Å². The Morgan fingerprint density at radius 2 is 1.14 bits per heavy atom. The summed E-state index contributed by atoms with van der Waals surface area (Å²) in [5, 5.41) is 75.3. The Morgan fingerprint density at radius 1 is 0.667 bits per heavy atom. The molecule has 0 bridgehead atoms. The number of nitrogens with one attached hydrogen (secondary N) is 1. The summed E-state index contributed by atoms with van der Waals surface area (Å²) in [4.78, 5) is 13.0. The normalized spacial score (nSPS) is 23.4. The molecule has 9 atom stereocenters. The number of aliphatic hydroxyl groups excluding tert-OH is 7. The lowest BCUT2D eigenvalue weighted by Gasteiger charge is -2.40. The summed E-state index contributed by atoms with van der Waals surface area (Å²) in [6.45, 7) is 3.38. The lowest BCUT2D eigenvalue weighted by Crippen LogP contribution is -2.60. The minimum Gasteiger partial charge on any atom is -0.394 e. The van der Waals surface area contributed by atoms with Crippen LogP contribution < -0.4 is 5.32 Å². The van der Waals surface area contributed by atoms with Crippen molar-refractivity contribution in [1.82, 2.24) is 5.32 Å². The fraction of sp³-hybridized carbons (Fsp3) is 0.925. The molecule has 1 amide bonds. The Morgan fingerprint density at radius 3 is 1.67 bits per heavy atom. The van der Waals surface area contributed by atoms with Crippen LogP contribution in [0.5, 0.6) is 0 Å². The molecule has 0 spiro atoms. The highest BCUT2D eigenvalue weighted by Gasteiger charge is 2.44. The maximum Gasteiger partial charge on any atom is 0.249 e. The van der Waals surface area contributed by atoms with Crippen molar-refractivity contribution in [2.45, 2.75) is 223 Å². The molecule has 0 aromatic rings. The number of hydrogen-bond acceptors (Lipinski definition) is 10. The van der Waals surface area contributed by atoms with Gasteiger partial charge in [0.2, 0.25) is 5.91 Å². The molecule has 0 aromatic heterocycles. The third kappa shape index (κ3) is 22.0. The maximum absolute atomic E-state index is 13.0. The van der Waals surface area contributed by atoms with Crippen molar-refractivity contribution >= 4 is 5.91 Å². The van der Waals surface area contributed by atoms with E-state index in [1.54, 1.807) is 0 Å². The van der Waals surface area contributed by atoms with Gasteiger partial charge in [-0.05, 0) is 38.5 Å². The minimum atomic E-state index is -1.66. The molecule has 1 aliphatic rings. The minimum absolute atomic E-state index is 0.231. The van der Waals surface area contributed by atoms with Crippen LogP contribution in [0.25, 0.3) is 0 Å². The molecule has 0 saturated carbocycles. The number of amides is 1. The zero-order chi connectivity index (χ0) is 37.7. The number of ether oxygens (including phenoxy) is 2. The number of aliphatic hydroxyl groups is 7. The zero-order valence-electron chi connectivity index (χ0n) is 32.1. The van der Waals surface area contributed by atoms with Gasteiger partial charge in [0.25, 0.3) is 0 Å². The highest BCUT2D eigenvalue weighted by molar-refractivity contribution is 5.80. The van der Waals surface area contributed by atoms with Gasteiger partial charge in [-0.25, -0.2) is 0 Å². The lowest BCUT2D eigenvalue weighted by molar-refractivity contribution is -0.303. The second-order valence-corrected chi connectivity index (χ2v) is 14.7. The standard InChI is InChI=1S/C40H77NO10/c1-3-5-7-9-11-13-15-17-19-21-23-25-27-32(43)35(45)31(30-50-40-38(48)37(47)36(46)34(29-42)51-40)41-39(49)33(44)28-26-24-22-20-18-16-14-12-10-8-6-4-2/h18,20,31-38,40,42-48H,3-17,19,21-30H2,1-2H3,(H,41,49)/b20-18-. The van der Waals surface area contributed by atoms with Gasteiger partial charge >= 0.3 is 0 Å². The molecule has 9 unspecified atom stereocenters. The number of rotatable bonds is 33. The van der Waals surface area contributed by atoms with E-state index in [1.165, 1.54) is 89.9 Å². The van der Waals surface area contributed by atoms with Gasteiger partial charge in [-0.15, -0.1) is 0 Å². The summed E-state index contributed by atoms with van der Waals surface area (Å²) >= 11 is 0. The summed E-state index contributed by atoms with van der Waals surface area (Å²) in [6, 6.07) is -1.17. The number of unbranched alkanes of at least 4 members (excludes halogenated alkanes) is 19. The summed E-state index contributed by atoms with van der Waals surface area (Å²) in [7, 11) is 0. The van der Waals surface area contributed by atoms with E-state index in [-0.39, 0.29) is 6.42 Å². The smallest absolute Gasteiger partial charge is 0.249 e. The highest BCUT2D eigenvalue weighted by atomic mass is 16.7. The second kappa shape index (κ2) is 31.2. The predicted octanol–water partition coefficient (Wildman–Crippen LogP) is 5.33. The van der Waals surface area contributed by atoms with Gasteiger partial charge in [0.15, 0.2) is 6.29 Å². The molecule has 1 saturated heterocycles. The number of carbonyl (C=O) groups is 1. The SMILES string of the molecule is CCCCCCCC/C=C\CCCCC(O)C(=O)NC(COC1OC(CO)C(O)C(O)C1O)C(O)C(O)CCCCCCCCCCCCCC. The van der Waals surface area contributed by atoms with Crippen molar-refractivity contribution < 1.29 is 50.0 Å². The average Bonchev–Trinajstić information content (AvgIpc) is 3.13. The van der Waals surface area contributed by atoms with Crippen LogP contribution in [0.2, 0.25) is 0 Å². The molecule has 11 heteroatoms. The number of allylic oxidation sites excluding steroid dienone is 2. The third-order valence-corrected chi connectivity index (χ3v) is 10.1. The first kappa shape index (κ1) is 47.9. The topological polar surface area (TPSA) is 189 Å². The van der Waals surface area contributed by atoms with Crippen molar-refractivity contribution in [1.29, 1.82) is 0 Å². The molecule has 0 radical (unpaired) electrons. The Balaban J connectivity index is 2.56. The van der Waals surface area contributed by atoms with E-state index in [0.29, 0.717) is 19.3 Å². The molecular weight excluding hydrogens is 654 g/mol. The van der Waals surface area contributed by atoms with Crippen LogP contribution in [0.15, 0.2) is 12.2 Å². The third-order valence-electron chi connectivity index (χ3n) is 10.1. The van der Waals surface area contributed by atoms with E-state index in [9.17, 15) is 40.5 Å². The van der Waals surface area contributed by atoms with Gasteiger partial charge < -0.3 is 50.5 Å². The molecule has 51 heavy (non-hydrogen) atoms. The second-order valence-electron chi connectivity index (χ2n) is 14.7. The maximum atomic E-state index is 13.0. The van der Waals surface area contributed by atoms with Crippen molar-refractivity contribution in [3.05, 3.63) is 12.2 Å². The molecule has 1 heterocycles. The first-order valence-corrected chi connectivity index (χ1v) is 20.6. The average molecular weight is 732 g/mol. The van der Waals surface area contributed by atoms with Crippen LogP contribution in [-0.4, -0.2) is 110 Å². The Hall–Kier alpha value is -1.15. The van der Waals surface area contributed by atoms with Gasteiger partial charge in [-0.1, -0.05) is 142 Å². The van der Waals surface area contributed by atoms with Crippen LogP contribution in [0.4, 0.5) is 0 Å². The fourth-order valence-corrected chi connectivity index (χ4v) is 6.55. The monoisotopic (exact) mass is 732 g/mol. The first-order valence-electron chi connectivity index (χ1n) is 20.6. The van der Waals surface area contributed by atoms with E-state index in [0.717, 1.165) is 38.5 Å². The molecule has 1 rings (SSSR count). The van der Waals surface area contributed by atoms with E-state index < -0.39 is 74.2 Å². The molecule has 11 nitrogen and oxygen atoms in total. The van der Waals surface area contributed by atoms with Crippen LogP contribution >= 0.6 is 0 Å². The van der Waals surface area contributed by atoms with E-state index in [2.05, 4.69) is 31.3 Å². The molecule has 0 aliphatic carbocycles. The number of carbonyl (C=O) groups excluding carboxylic acids is 1. The fourth-order valence-electron chi connectivity index (χ4n) is 6.55. The van der Waals surface area contributed by atoms with Gasteiger partial charge in [0.05, 0.1) is 25.4 Å². The molecule has 0 aromatic carbocycles. The molecule has 302 valence electrons. The largest absolute Gasteiger partial charge is 0.394 e. The number of hydrogen-bond donors (Lipinski definition) is 8. The van der Waals surface area contributed by atoms with Crippen LogP contribution in [0, 0.1) is 0 Å². The van der Waals surface area contributed by atoms with Gasteiger partial charge in [-0.3, -0.25) is 4.79 Å². The summed E-state index contributed by atoms with van der Waals surface area (Å²) in [5.41, 5.74) is 0. The van der Waals surface area contributed by atoms with Crippen molar-refractivity contribution in [2.24, 2.45) is 0 Å². The lowest BCUT2D eigenvalue weighted by atomic mass is 9.98. The zero-order valence-corrected chi connectivity index (χ0v) is 32.1. The molecule has 8 N–H and O–H groups in total.